The standard InChI is InChI=1S/C13H17IN2O2/c1-13(2,3)16-11(17)8-15-12(18)9-5-4-6-10(14)7-9/h4-7H,8H2,1-3H3,(H,15,18)(H,16,17). The maximum Gasteiger partial charge on any atom is 0.251 e. The Morgan fingerprint density at radius 3 is 2.50 bits per heavy atom. The van der Waals surface area contributed by atoms with Crippen molar-refractivity contribution >= 4 is 34.4 Å². The Kier molecular flexibility index (Phi) is 5.13. The smallest absolute Gasteiger partial charge is 0.251 e. The zero-order chi connectivity index (χ0) is 13.8. The van der Waals surface area contributed by atoms with Crippen molar-refractivity contribution in [1.29, 1.82) is 0 Å². The molecule has 0 unspecified atom stereocenters. The Hall–Kier alpha value is -1.11. The molecule has 0 heterocycles. The Bertz CT molecular complexity index is 453. The molecule has 0 aliphatic heterocycles. The van der Waals surface area contributed by atoms with Crippen molar-refractivity contribution in [2.45, 2.75) is 26.3 Å². The van der Waals surface area contributed by atoms with Crippen molar-refractivity contribution in [1.82, 2.24) is 10.6 Å². The monoisotopic (exact) mass is 360 g/mol. The molecule has 0 saturated heterocycles. The van der Waals surface area contributed by atoms with E-state index in [0.717, 1.165) is 3.57 Å². The van der Waals surface area contributed by atoms with E-state index in [1.807, 2.05) is 32.9 Å². The number of benzene rings is 1. The van der Waals surface area contributed by atoms with E-state index in [4.69, 9.17) is 0 Å². The summed E-state index contributed by atoms with van der Waals surface area (Å²) in [7, 11) is 0. The van der Waals surface area contributed by atoms with Gasteiger partial charge in [-0.2, -0.15) is 0 Å². The third-order valence-electron chi connectivity index (χ3n) is 2.01. The summed E-state index contributed by atoms with van der Waals surface area (Å²) in [6.45, 7) is 5.67. The van der Waals surface area contributed by atoms with Crippen molar-refractivity contribution in [3.05, 3.63) is 33.4 Å². The van der Waals surface area contributed by atoms with Crippen molar-refractivity contribution < 1.29 is 9.59 Å². The lowest BCUT2D eigenvalue weighted by molar-refractivity contribution is -0.121. The van der Waals surface area contributed by atoms with E-state index < -0.39 is 0 Å². The summed E-state index contributed by atoms with van der Waals surface area (Å²) >= 11 is 2.14. The molecule has 0 radical (unpaired) electrons. The molecule has 1 aromatic rings. The van der Waals surface area contributed by atoms with Gasteiger partial charge in [0.2, 0.25) is 5.91 Å². The van der Waals surface area contributed by atoms with E-state index >= 15 is 0 Å². The molecule has 5 heteroatoms. The topological polar surface area (TPSA) is 58.2 Å². The number of hydrogen-bond acceptors (Lipinski definition) is 2. The van der Waals surface area contributed by atoms with Gasteiger partial charge in [0.25, 0.3) is 5.91 Å². The number of carbonyl (C=O) groups is 2. The Morgan fingerprint density at radius 2 is 1.94 bits per heavy atom. The quantitative estimate of drug-likeness (QED) is 0.810. The Morgan fingerprint density at radius 1 is 1.28 bits per heavy atom. The molecule has 1 rings (SSSR count). The highest BCUT2D eigenvalue weighted by Gasteiger charge is 2.14. The summed E-state index contributed by atoms with van der Waals surface area (Å²) in [5, 5.41) is 5.38. The van der Waals surface area contributed by atoms with Crippen LogP contribution in [0.2, 0.25) is 0 Å². The first-order valence-electron chi connectivity index (χ1n) is 5.63. The maximum absolute atomic E-state index is 11.8. The molecule has 98 valence electrons. The number of rotatable bonds is 3. The fourth-order valence-corrected chi connectivity index (χ4v) is 1.90. The largest absolute Gasteiger partial charge is 0.350 e. The molecule has 0 saturated carbocycles. The van der Waals surface area contributed by atoms with Crippen LogP contribution in [-0.4, -0.2) is 23.9 Å². The van der Waals surface area contributed by atoms with Crippen molar-refractivity contribution in [3.8, 4) is 0 Å². The number of nitrogens with one attached hydrogen (secondary N) is 2. The summed E-state index contributed by atoms with van der Waals surface area (Å²) < 4.78 is 0.986. The zero-order valence-corrected chi connectivity index (χ0v) is 12.9. The van der Waals surface area contributed by atoms with Gasteiger partial charge in [0, 0.05) is 14.7 Å². The third-order valence-corrected chi connectivity index (χ3v) is 2.68. The lowest BCUT2D eigenvalue weighted by Crippen LogP contribution is -2.45. The summed E-state index contributed by atoms with van der Waals surface area (Å²) in [6, 6.07) is 7.21. The summed E-state index contributed by atoms with van der Waals surface area (Å²) in [6.07, 6.45) is 0. The first kappa shape index (κ1) is 14.9. The molecule has 0 aliphatic rings. The van der Waals surface area contributed by atoms with E-state index in [0.29, 0.717) is 5.56 Å². The van der Waals surface area contributed by atoms with E-state index in [1.54, 1.807) is 12.1 Å². The van der Waals surface area contributed by atoms with Gasteiger partial charge in [-0.1, -0.05) is 6.07 Å². The van der Waals surface area contributed by atoms with Gasteiger partial charge in [0.15, 0.2) is 0 Å². The Labute approximate surface area is 121 Å². The van der Waals surface area contributed by atoms with E-state index in [2.05, 4.69) is 33.2 Å². The lowest BCUT2D eigenvalue weighted by Gasteiger charge is -2.20. The van der Waals surface area contributed by atoms with Crippen LogP contribution in [0.5, 0.6) is 0 Å². The molecule has 0 bridgehead atoms. The zero-order valence-electron chi connectivity index (χ0n) is 10.7. The minimum absolute atomic E-state index is 0.0123. The van der Waals surface area contributed by atoms with Crippen LogP contribution >= 0.6 is 22.6 Å². The molecule has 0 spiro atoms. The van der Waals surface area contributed by atoms with Gasteiger partial charge < -0.3 is 10.6 Å². The van der Waals surface area contributed by atoms with Gasteiger partial charge in [-0.05, 0) is 61.6 Å². The number of halogens is 1. The predicted octanol–water partition coefficient (Wildman–Crippen LogP) is 1.94. The average molecular weight is 360 g/mol. The third kappa shape index (κ3) is 5.48. The molecule has 0 aromatic heterocycles. The van der Waals surface area contributed by atoms with Gasteiger partial charge >= 0.3 is 0 Å². The molecule has 2 N–H and O–H groups in total. The second kappa shape index (κ2) is 6.17. The molecular formula is C13H17IN2O2. The van der Waals surface area contributed by atoms with Crippen LogP contribution in [-0.2, 0) is 4.79 Å². The van der Waals surface area contributed by atoms with E-state index in [1.165, 1.54) is 0 Å². The minimum atomic E-state index is -0.288. The van der Waals surface area contributed by atoms with Gasteiger partial charge in [-0.25, -0.2) is 0 Å². The normalized spacial score (nSPS) is 10.9. The van der Waals surface area contributed by atoms with Crippen LogP contribution in [0.25, 0.3) is 0 Å². The van der Waals surface area contributed by atoms with E-state index in [-0.39, 0.29) is 23.9 Å². The highest BCUT2D eigenvalue weighted by atomic mass is 127. The van der Waals surface area contributed by atoms with Crippen LogP contribution in [0, 0.1) is 3.57 Å². The number of amides is 2. The average Bonchev–Trinajstić information content (AvgIpc) is 2.23. The fraction of sp³-hybridized carbons (Fsp3) is 0.385. The molecule has 1 aromatic carbocycles. The first-order valence-corrected chi connectivity index (χ1v) is 6.70. The highest BCUT2D eigenvalue weighted by Crippen LogP contribution is 2.07. The molecule has 4 nitrogen and oxygen atoms in total. The lowest BCUT2D eigenvalue weighted by atomic mass is 10.1. The highest BCUT2D eigenvalue weighted by molar-refractivity contribution is 14.1. The second-order valence-electron chi connectivity index (χ2n) is 4.99. The van der Waals surface area contributed by atoms with Crippen molar-refractivity contribution in [2.75, 3.05) is 6.54 Å². The summed E-state index contributed by atoms with van der Waals surface area (Å²) in [4.78, 5) is 23.3. The number of hydrogen-bond donors (Lipinski definition) is 2. The van der Waals surface area contributed by atoms with Crippen LogP contribution < -0.4 is 10.6 Å². The first-order chi connectivity index (χ1) is 8.28. The van der Waals surface area contributed by atoms with Crippen LogP contribution in [0.3, 0.4) is 0 Å². The molecule has 18 heavy (non-hydrogen) atoms. The summed E-state index contributed by atoms with van der Waals surface area (Å²) in [5.41, 5.74) is 0.273. The van der Waals surface area contributed by atoms with Gasteiger partial charge in [0.1, 0.15) is 0 Å². The molecule has 0 aliphatic carbocycles. The predicted molar refractivity (Wildman–Crippen MR) is 79.4 cm³/mol. The second-order valence-corrected chi connectivity index (χ2v) is 6.24. The van der Waals surface area contributed by atoms with Gasteiger partial charge in [0.05, 0.1) is 6.54 Å². The van der Waals surface area contributed by atoms with Crippen molar-refractivity contribution in [3.63, 3.8) is 0 Å². The van der Waals surface area contributed by atoms with E-state index in [9.17, 15) is 9.59 Å². The fourth-order valence-electron chi connectivity index (χ4n) is 1.35. The molecule has 0 fully saturated rings. The Balaban J connectivity index is 2.49. The van der Waals surface area contributed by atoms with Crippen molar-refractivity contribution in [2.24, 2.45) is 0 Å². The van der Waals surface area contributed by atoms with Crippen LogP contribution in [0.15, 0.2) is 24.3 Å². The van der Waals surface area contributed by atoms with Gasteiger partial charge in [-0.3, -0.25) is 9.59 Å². The minimum Gasteiger partial charge on any atom is -0.350 e. The molecule has 2 amide bonds. The number of carbonyl (C=O) groups excluding carboxylic acids is 2. The van der Waals surface area contributed by atoms with Crippen LogP contribution in [0.4, 0.5) is 0 Å². The van der Waals surface area contributed by atoms with Gasteiger partial charge in [-0.15, -0.1) is 0 Å². The van der Waals surface area contributed by atoms with Crippen LogP contribution in [0.1, 0.15) is 31.1 Å². The SMILES string of the molecule is CC(C)(C)NC(=O)CNC(=O)c1cccc(I)c1. The summed E-state index contributed by atoms with van der Waals surface area (Å²) in [5.74, 6) is -0.431. The molecule has 0 atom stereocenters. The molecular weight excluding hydrogens is 343 g/mol. The maximum atomic E-state index is 11.8.